The molecule has 1 aliphatic heterocycles. The van der Waals surface area contributed by atoms with Crippen molar-refractivity contribution in [2.75, 3.05) is 18.1 Å². The lowest BCUT2D eigenvalue weighted by atomic mass is 9.87. The van der Waals surface area contributed by atoms with E-state index in [1.54, 1.807) is 0 Å². The topological polar surface area (TPSA) is 61.2 Å². The third-order valence-electron chi connectivity index (χ3n) is 5.88. The minimum Gasteiger partial charge on any atom is -0.359 e. The van der Waals surface area contributed by atoms with Crippen LogP contribution in [-0.2, 0) is 6.54 Å². The van der Waals surface area contributed by atoms with Gasteiger partial charge in [-0.2, -0.15) is 5.10 Å². The molecule has 3 heterocycles. The molecule has 2 aliphatic carbocycles. The van der Waals surface area contributed by atoms with Crippen LogP contribution in [0.4, 0.5) is 5.82 Å². The first-order valence-electron chi connectivity index (χ1n) is 10.0. The number of aromatic amines is 1. The minimum absolute atomic E-state index is 0.597. The summed E-state index contributed by atoms with van der Waals surface area (Å²) in [6.07, 6.45) is 13.5. The van der Waals surface area contributed by atoms with E-state index in [1.807, 2.05) is 0 Å². The summed E-state index contributed by atoms with van der Waals surface area (Å²) in [6.45, 7) is 2.48. The summed E-state index contributed by atoms with van der Waals surface area (Å²) in [5, 5.41) is 12.1. The molecule has 0 unspecified atom stereocenters. The zero-order valence-electron chi connectivity index (χ0n) is 15.2. The van der Waals surface area contributed by atoms with Gasteiger partial charge in [0.25, 0.3) is 0 Å². The molecule has 6 nitrogen and oxygen atoms in total. The van der Waals surface area contributed by atoms with Crippen LogP contribution < -0.4 is 4.90 Å². The highest BCUT2D eigenvalue weighted by atomic mass is 16.5. The van der Waals surface area contributed by atoms with Crippen molar-refractivity contribution in [3.05, 3.63) is 41.6 Å². The second kappa shape index (κ2) is 6.82. The van der Waals surface area contributed by atoms with E-state index in [-0.39, 0.29) is 0 Å². The van der Waals surface area contributed by atoms with Gasteiger partial charge in [0.1, 0.15) is 0 Å². The van der Waals surface area contributed by atoms with Gasteiger partial charge in [0.05, 0.1) is 18.9 Å². The summed E-state index contributed by atoms with van der Waals surface area (Å²) in [6, 6.07) is 4.38. The zero-order chi connectivity index (χ0) is 17.3. The number of nitrogens with one attached hydrogen (secondary N) is 1. The van der Waals surface area contributed by atoms with Crippen LogP contribution in [0, 0.1) is 0 Å². The van der Waals surface area contributed by atoms with Crippen LogP contribution in [0.1, 0.15) is 73.9 Å². The molecule has 2 fully saturated rings. The van der Waals surface area contributed by atoms with Crippen molar-refractivity contribution in [3.8, 4) is 0 Å². The van der Waals surface area contributed by atoms with E-state index in [4.69, 9.17) is 4.52 Å². The fourth-order valence-corrected chi connectivity index (χ4v) is 4.20. The maximum atomic E-state index is 5.64. The number of nitrogens with zero attached hydrogens (tertiary/aromatic N) is 4. The van der Waals surface area contributed by atoms with Crippen LogP contribution in [0.15, 0.2) is 28.9 Å². The molecule has 3 aliphatic rings. The van der Waals surface area contributed by atoms with Crippen LogP contribution in [0.2, 0.25) is 0 Å². The van der Waals surface area contributed by atoms with Crippen molar-refractivity contribution in [3.63, 3.8) is 0 Å². The summed E-state index contributed by atoms with van der Waals surface area (Å²) < 4.78 is 5.64. The normalized spacial score (nSPS) is 21.5. The van der Waals surface area contributed by atoms with Gasteiger partial charge in [0.2, 0.25) is 0 Å². The standard InChI is InChI=1S/C20H27N5O/c1-2-5-15(6-3-1)19-11-17(26-23-19)13-24-9-4-10-25(14-24)20-12-18(21-22-20)16-7-8-16/h4,9,11-12,15-16H,1-3,5-8,10,13-14H2,(H,21,22). The Hall–Kier alpha value is -2.24. The van der Waals surface area contributed by atoms with E-state index in [0.29, 0.717) is 11.8 Å². The summed E-state index contributed by atoms with van der Waals surface area (Å²) in [5.74, 6) is 3.30. The number of rotatable bonds is 5. The Bertz CT molecular complexity index is 769. The Morgan fingerprint density at radius 2 is 1.96 bits per heavy atom. The Labute approximate surface area is 154 Å². The molecule has 0 radical (unpaired) electrons. The molecule has 2 saturated carbocycles. The third kappa shape index (κ3) is 3.37. The van der Waals surface area contributed by atoms with E-state index >= 15 is 0 Å². The van der Waals surface area contributed by atoms with Crippen LogP contribution in [0.5, 0.6) is 0 Å². The van der Waals surface area contributed by atoms with Gasteiger partial charge >= 0.3 is 0 Å². The second-order valence-electron chi connectivity index (χ2n) is 8.00. The largest absolute Gasteiger partial charge is 0.359 e. The van der Waals surface area contributed by atoms with Crippen LogP contribution in [0.25, 0.3) is 0 Å². The number of hydrogen-bond donors (Lipinski definition) is 1. The number of anilines is 1. The first kappa shape index (κ1) is 16.0. The van der Waals surface area contributed by atoms with Crippen molar-refractivity contribution in [2.24, 2.45) is 0 Å². The van der Waals surface area contributed by atoms with Gasteiger partial charge in [-0.05, 0) is 38.0 Å². The fourth-order valence-electron chi connectivity index (χ4n) is 4.20. The summed E-state index contributed by atoms with van der Waals surface area (Å²) in [5.41, 5.74) is 2.44. The van der Waals surface area contributed by atoms with Crippen LogP contribution in [-0.4, -0.2) is 33.5 Å². The average Bonchev–Trinajstić information content (AvgIpc) is 3.23. The summed E-state index contributed by atoms with van der Waals surface area (Å²) in [7, 11) is 0. The van der Waals surface area contributed by atoms with Crippen LogP contribution >= 0.6 is 0 Å². The highest BCUT2D eigenvalue weighted by Crippen LogP contribution is 2.40. The highest BCUT2D eigenvalue weighted by molar-refractivity contribution is 5.42. The molecule has 0 spiro atoms. The quantitative estimate of drug-likeness (QED) is 0.876. The van der Waals surface area contributed by atoms with E-state index in [1.165, 1.54) is 50.6 Å². The Kier molecular flexibility index (Phi) is 4.19. The predicted octanol–water partition coefficient (Wildman–Crippen LogP) is 4.12. The number of hydrogen-bond acceptors (Lipinski definition) is 5. The molecule has 5 rings (SSSR count). The van der Waals surface area contributed by atoms with Crippen molar-refractivity contribution >= 4 is 5.82 Å². The van der Waals surface area contributed by atoms with Gasteiger partial charge in [-0.1, -0.05) is 24.4 Å². The SMILES string of the molecule is C1=CN(Cc2cc(C3CCCCC3)no2)CN(c2cc(C3CC3)[nH]n2)C1. The van der Waals surface area contributed by atoms with Gasteiger partial charge in [0, 0.05) is 36.2 Å². The molecule has 0 bridgehead atoms. The summed E-state index contributed by atoms with van der Waals surface area (Å²) in [4.78, 5) is 4.56. The molecular weight excluding hydrogens is 326 g/mol. The second-order valence-corrected chi connectivity index (χ2v) is 8.00. The predicted molar refractivity (Wildman–Crippen MR) is 99.8 cm³/mol. The van der Waals surface area contributed by atoms with Gasteiger partial charge in [-0.15, -0.1) is 0 Å². The van der Waals surface area contributed by atoms with E-state index in [2.05, 4.69) is 49.6 Å². The maximum Gasteiger partial charge on any atom is 0.156 e. The molecule has 2 aromatic heterocycles. The lowest BCUT2D eigenvalue weighted by Crippen LogP contribution is -2.38. The Morgan fingerprint density at radius 1 is 1.08 bits per heavy atom. The molecule has 0 saturated heterocycles. The molecule has 6 heteroatoms. The fraction of sp³-hybridized carbons (Fsp3) is 0.600. The number of aromatic nitrogens is 3. The van der Waals surface area contributed by atoms with E-state index in [9.17, 15) is 0 Å². The van der Waals surface area contributed by atoms with Crippen molar-refractivity contribution in [1.29, 1.82) is 0 Å². The van der Waals surface area contributed by atoms with Crippen molar-refractivity contribution in [2.45, 2.75) is 63.3 Å². The van der Waals surface area contributed by atoms with Gasteiger partial charge in [-0.25, -0.2) is 0 Å². The van der Waals surface area contributed by atoms with Crippen molar-refractivity contribution < 1.29 is 4.52 Å². The smallest absolute Gasteiger partial charge is 0.156 e. The molecule has 0 aromatic carbocycles. The van der Waals surface area contributed by atoms with Crippen LogP contribution in [0.3, 0.4) is 0 Å². The molecule has 0 atom stereocenters. The van der Waals surface area contributed by atoms with E-state index in [0.717, 1.165) is 37.0 Å². The van der Waals surface area contributed by atoms with Gasteiger partial charge in [-0.3, -0.25) is 5.10 Å². The maximum absolute atomic E-state index is 5.64. The first-order valence-corrected chi connectivity index (χ1v) is 10.0. The highest BCUT2D eigenvalue weighted by Gasteiger charge is 2.27. The molecular formula is C20H27N5O. The lowest BCUT2D eigenvalue weighted by molar-refractivity contribution is 0.287. The zero-order valence-corrected chi connectivity index (χ0v) is 15.2. The molecule has 138 valence electrons. The molecule has 1 N–H and O–H groups in total. The Morgan fingerprint density at radius 3 is 2.81 bits per heavy atom. The van der Waals surface area contributed by atoms with Crippen molar-refractivity contribution in [1.82, 2.24) is 20.3 Å². The number of H-pyrrole nitrogens is 1. The average molecular weight is 353 g/mol. The summed E-state index contributed by atoms with van der Waals surface area (Å²) >= 11 is 0. The molecule has 0 amide bonds. The minimum atomic E-state index is 0.597. The third-order valence-corrected chi connectivity index (χ3v) is 5.88. The molecule has 2 aromatic rings. The monoisotopic (exact) mass is 353 g/mol. The van der Waals surface area contributed by atoms with Gasteiger partial charge in [0.15, 0.2) is 11.6 Å². The van der Waals surface area contributed by atoms with Gasteiger partial charge < -0.3 is 14.3 Å². The first-order chi connectivity index (χ1) is 12.8. The lowest BCUT2D eigenvalue weighted by Gasteiger charge is -2.32. The van der Waals surface area contributed by atoms with E-state index < -0.39 is 0 Å². The Balaban J connectivity index is 1.22. The molecule has 26 heavy (non-hydrogen) atoms.